The molecule has 106 valence electrons. The standard InChI is InChI=1S/C14H14F3N3/c1-3-4-9-13(19-7-20-14(9)18-2)8-5-6-10(15)12(17)11(8)16/h5-7H,3-4H2,1-2H3,(H,18,19,20). The highest BCUT2D eigenvalue weighted by atomic mass is 19.2. The van der Waals surface area contributed by atoms with Gasteiger partial charge in [-0.2, -0.15) is 0 Å². The fourth-order valence-corrected chi connectivity index (χ4v) is 2.06. The molecule has 0 bridgehead atoms. The van der Waals surface area contributed by atoms with Gasteiger partial charge in [-0.15, -0.1) is 0 Å². The van der Waals surface area contributed by atoms with Crippen molar-refractivity contribution < 1.29 is 13.2 Å². The fourth-order valence-electron chi connectivity index (χ4n) is 2.06. The maximum Gasteiger partial charge on any atom is 0.195 e. The molecule has 0 amide bonds. The molecule has 0 atom stereocenters. The van der Waals surface area contributed by atoms with Crippen LogP contribution in [-0.4, -0.2) is 17.0 Å². The van der Waals surface area contributed by atoms with Crippen LogP contribution in [0.25, 0.3) is 11.3 Å². The Morgan fingerprint density at radius 3 is 2.50 bits per heavy atom. The lowest BCUT2D eigenvalue weighted by atomic mass is 10.0. The number of hydrogen-bond donors (Lipinski definition) is 1. The first-order valence-corrected chi connectivity index (χ1v) is 6.25. The Bertz CT molecular complexity index is 629. The van der Waals surface area contributed by atoms with E-state index >= 15 is 0 Å². The Morgan fingerprint density at radius 2 is 1.85 bits per heavy atom. The second kappa shape index (κ2) is 5.90. The molecule has 1 aromatic heterocycles. The molecule has 2 rings (SSSR count). The molecule has 0 saturated carbocycles. The number of nitrogens with zero attached hydrogens (tertiary/aromatic N) is 2. The van der Waals surface area contributed by atoms with Crippen LogP contribution in [0.4, 0.5) is 19.0 Å². The zero-order chi connectivity index (χ0) is 14.7. The highest BCUT2D eigenvalue weighted by Gasteiger charge is 2.19. The monoisotopic (exact) mass is 281 g/mol. The van der Waals surface area contributed by atoms with Gasteiger partial charge in [0, 0.05) is 18.2 Å². The van der Waals surface area contributed by atoms with Crippen LogP contribution in [0.1, 0.15) is 18.9 Å². The van der Waals surface area contributed by atoms with Crippen LogP contribution in [0, 0.1) is 17.5 Å². The Hall–Kier alpha value is -2.11. The maximum atomic E-state index is 13.9. The van der Waals surface area contributed by atoms with Crippen molar-refractivity contribution in [3.63, 3.8) is 0 Å². The average molecular weight is 281 g/mol. The molecule has 0 unspecified atom stereocenters. The maximum absolute atomic E-state index is 13.9. The molecule has 0 aliphatic carbocycles. The quantitative estimate of drug-likeness (QED) is 0.871. The van der Waals surface area contributed by atoms with Gasteiger partial charge in [0.15, 0.2) is 17.5 Å². The van der Waals surface area contributed by atoms with E-state index in [-0.39, 0.29) is 11.3 Å². The molecular formula is C14H14F3N3. The van der Waals surface area contributed by atoms with Crippen LogP contribution in [0.5, 0.6) is 0 Å². The molecule has 3 nitrogen and oxygen atoms in total. The van der Waals surface area contributed by atoms with E-state index in [1.165, 1.54) is 12.4 Å². The van der Waals surface area contributed by atoms with Crippen LogP contribution in [0.2, 0.25) is 0 Å². The van der Waals surface area contributed by atoms with E-state index in [1.54, 1.807) is 7.05 Å². The number of hydrogen-bond acceptors (Lipinski definition) is 3. The lowest BCUT2D eigenvalue weighted by Gasteiger charge is -2.13. The predicted molar refractivity (Wildman–Crippen MR) is 70.9 cm³/mol. The van der Waals surface area contributed by atoms with Crippen molar-refractivity contribution in [1.82, 2.24) is 9.97 Å². The topological polar surface area (TPSA) is 37.8 Å². The summed E-state index contributed by atoms with van der Waals surface area (Å²) in [5, 5.41) is 2.89. The van der Waals surface area contributed by atoms with Crippen molar-refractivity contribution in [2.24, 2.45) is 0 Å². The molecule has 0 saturated heterocycles. The number of rotatable bonds is 4. The SMILES string of the molecule is CCCc1c(NC)ncnc1-c1ccc(F)c(F)c1F. The van der Waals surface area contributed by atoms with Crippen molar-refractivity contribution in [1.29, 1.82) is 0 Å². The van der Waals surface area contributed by atoms with Gasteiger partial charge >= 0.3 is 0 Å². The largest absolute Gasteiger partial charge is 0.373 e. The second-order valence-electron chi connectivity index (χ2n) is 4.27. The van der Waals surface area contributed by atoms with E-state index in [2.05, 4.69) is 15.3 Å². The molecule has 0 aliphatic rings. The predicted octanol–water partition coefficient (Wildman–Crippen LogP) is 3.56. The van der Waals surface area contributed by atoms with Gasteiger partial charge in [0.1, 0.15) is 12.1 Å². The normalized spacial score (nSPS) is 10.7. The molecule has 0 radical (unpaired) electrons. The van der Waals surface area contributed by atoms with E-state index in [0.29, 0.717) is 17.8 Å². The summed E-state index contributed by atoms with van der Waals surface area (Å²) in [6, 6.07) is 2.08. The van der Waals surface area contributed by atoms with E-state index in [1.807, 2.05) is 6.92 Å². The fraction of sp³-hybridized carbons (Fsp3) is 0.286. The molecule has 1 aromatic carbocycles. The lowest BCUT2D eigenvalue weighted by Crippen LogP contribution is -2.05. The summed E-state index contributed by atoms with van der Waals surface area (Å²) in [6.07, 6.45) is 2.66. The average Bonchev–Trinajstić information content (AvgIpc) is 2.46. The van der Waals surface area contributed by atoms with Crippen molar-refractivity contribution in [3.05, 3.63) is 41.5 Å². The highest BCUT2D eigenvalue weighted by Crippen LogP contribution is 2.30. The Labute approximate surface area is 114 Å². The number of anilines is 1. The van der Waals surface area contributed by atoms with Gasteiger partial charge in [-0.1, -0.05) is 13.3 Å². The number of benzene rings is 1. The third-order valence-corrected chi connectivity index (χ3v) is 2.97. The van der Waals surface area contributed by atoms with E-state index in [4.69, 9.17) is 0 Å². The van der Waals surface area contributed by atoms with Crippen molar-refractivity contribution >= 4 is 5.82 Å². The third-order valence-electron chi connectivity index (χ3n) is 2.97. The molecule has 1 heterocycles. The van der Waals surface area contributed by atoms with Crippen LogP contribution < -0.4 is 5.32 Å². The van der Waals surface area contributed by atoms with E-state index in [0.717, 1.165) is 12.5 Å². The highest BCUT2D eigenvalue weighted by molar-refractivity contribution is 5.68. The molecule has 0 aliphatic heterocycles. The summed E-state index contributed by atoms with van der Waals surface area (Å²) < 4.78 is 40.3. The molecule has 0 spiro atoms. The molecule has 2 aromatic rings. The molecular weight excluding hydrogens is 267 g/mol. The zero-order valence-electron chi connectivity index (χ0n) is 11.2. The zero-order valence-corrected chi connectivity index (χ0v) is 11.2. The van der Waals surface area contributed by atoms with Crippen molar-refractivity contribution in [2.45, 2.75) is 19.8 Å². The van der Waals surface area contributed by atoms with Gasteiger partial charge in [-0.25, -0.2) is 23.1 Å². The smallest absolute Gasteiger partial charge is 0.195 e. The van der Waals surface area contributed by atoms with Crippen LogP contribution in [-0.2, 0) is 6.42 Å². The van der Waals surface area contributed by atoms with E-state index < -0.39 is 17.5 Å². The third kappa shape index (κ3) is 2.45. The van der Waals surface area contributed by atoms with Gasteiger partial charge in [0.05, 0.1) is 5.69 Å². The second-order valence-corrected chi connectivity index (χ2v) is 4.27. The van der Waals surface area contributed by atoms with Crippen LogP contribution >= 0.6 is 0 Å². The van der Waals surface area contributed by atoms with Gasteiger partial charge in [0.2, 0.25) is 0 Å². The number of aromatic nitrogens is 2. The molecule has 1 N–H and O–H groups in total. The summed E-state index contributed by atoms with van der Waals surface area (Å²) in [5.41, 5.74) is 0.899. The summed E-state index contributed by atoms with van der Waals surface area (Å²) in [7, 11) is 1.69. The van der Waals surface area contributed by atoms with Gasteiger partial charge in [-0.05, 0) is 18.6 Å². The van der Waals surface area contributed by atoms with Crippen LogP contribution in [0.15, 0.2) is 18.5 Å². The summed E-state index contributed by atoms with van der Waals surface area (Å²) in [5.74, 6) is -3.38. The van der Waals surface area contributed by atoms with Gasteiger partial charge in [-0.3, -0.25) is 0 Å². The molecule has 20 heavy (non-hydrogen) atoms. The first-order chi connectivity index (χ1) is 9.60. The minimum absolute atomic E-state index is 0.0637. The van der Waals surface area contributed by atoms with E-state index in [9.17, 15) is 13.2 Å². The summed E-state index contributed by atoms with van der Waals surface area (Å²) >= 11 is 0. The van der Waals surface area contributed by atoms with Crippen molar-refractivity contribution in [3.8, 4) is 11.3 Å². The first kappa shape index (κ1) is 14.3. The Morgan fingerprint density at radius 1 is 1.10 bits per heavy atom. The lowest BCUT2D eigenvalue weighted by molar-refractivity contribution is 0.448. The van der Waals surface area contributed by atoms with Gasteiger partial charge in [0.25, 0.3) is 0 Å². The minimum Gasteiger partial charge on any atom is -0.373 e. The first-order valence-electron chi connectivity index (χ1n) is 6.25. The van der Waals surface area contributed by atoms with Crippen molar-refractivity contribution in [2.75, 3.05) is 12.4 Å². The molecule has 0 fully saturated rings. The van der Waals surface area contributed by atoms with Gasteiger partial charge < -0.3 is 5.32 Å². The minimum atomic E-state index is -1.49. The Kier molecular flexibility index (Phi) is 4.22. The summed E-state index contributed by atoms with van der Waals surface area (Å²) in [6.45, 7) is 1.96. The van der Waals surface area contributed by atoms with Crippen LogP contribution in [0.3, 0.4) is 0 Å². The number of nitrogens with one attached hydrogen (secondary N) is 1. The summed E-state index contributed by atoms with van der Waals surface area (Å²) in [4.78, 5) is 8.09. The Balaban J connectivity index is 2.66. The number of halogens is 3. The molecule has 6 heteroatoms.